The van der Waals surface area contributed by atoms with Crippen molar-refractivity contribution in [1.82, 2.24) is 9.97 Å². The summed E-state index contributed by atoms with van der Waals surface area (Å²) >= 11 is 1.14. The number of benzene rings is 1. The normalized spacial score (nSPS) is 11.4. The maximum Gasteiger partial charge on any atom is 0.418 e. The van der Waals surface area contributed by atoms with Gasteiger partial charge < -0.3 is 16.0 Å². The van der Waals surface area contributed by atoms with Crippen LogP contribution in [0.4, 0.5) is 24.5 Å². The van der Waals surface area contributed by atoms with Gasteiger partial charge in [0.25, 0.3) is 0 Å². The summed E-state index contributed by atoms with van der Waals surface area (Å²) in [4.78, 5) is 18.4. The maximum atomic E-state index is 12.7. The summed E-state index contributed by atoms with van der Waals surface area (Å²) in [5.74, 6) is -0.409. The Hall–Kier alpha value is -2.16. The number of rotatable bonds is 4. The molecule has 9 heteroatoms. The van der Waals surface area contributed by atoms with Gasteiger partial charge in [0, 0.05) is 23.8 Å². The zero-order valence-corrected chi connectivity index (χ0v) is 11.4. The van der Waals surface area contributed by atoms with Crippen LogP contribution < -0.4 is 11.1 Å². The van der Waals surface area contributed by atoms with Crippen molar-refractivity contribution in [3.05, 3.63) is 36.2 Å². The van der Waals surface area contributed by atoms with Gasteiger partial charge in [0.15, 0.2) is 5.16 Å². The number of nitrogens with two attached hydrogens (primary N) is 1. The average molecular weight is 316 g/mol. The van der Waals surface area contributed by atoms with Gasteiger partial charge in [-0.15, -0.1) is 0 Å². The van der Waals surface area contributed by atoms with E-state index in [0.717, 1.165) is 23.9 Å². The number of amides is 1. The van der Waals surface area contributed by atoms with E-state index < -0.39 is 17.6 Å². The molecular weight excluding hydrogens is 305 g/mol. The van der Waals surface area contributed by atoms with Gasteiger partial charge in [-0.1, -0.05) is 11.8 Å². The van der Waals surface area contributed by atoms with Crippen LogP contribution in [0.25, 0.3) is 0 Å². The third-order valence-corrected chi connectivity index (χ3v) is 3.36. The molecule has 0 fully saturated rings. The van der Waals surface area contributed by atoms with Crippen molar-refractivity contribution in [1.29, 1.82) is 0 Å². The first-order chi connectivity index (χ1) is 9.86. The molecule has 1 amide bonds. The summed E-state index contributed by atoms with van der Waals surface area (Å²) < 4.78 is 38.1. The summed E-state index contributed by atoms with van der Waals surface area (Å²) in [6.07, 6.45) is -1.42. The molecule has 1 heterocycles. The number of hydrogen-bond donors (Lipinski definition) is 3. The molecule has 0 saturated heterocycles. The van der Waals surface area contributed by atoms with Gasteiger partial charge in [0.05, 0.1) is 11.3 Å². The second-order valence-corrected chi connectivity index (χ2v) is 5.00. The summed E-state index contributed by atoms with van der Waals surface area (Å²) in [7, 11) is 0. The molecule has 0 unspecified atom stereocenters. The van der Waals surface area contributed by atoms with Gasteiger partial charge in [0.2, 0.25) is 5.91 Å². The minimum absolute atomic E-state index is 0.0270. The number of imidazole rings is 1. The Morgan fingerprint density at radius 1 is 1.43 bits per heavy atom. The van der Waals surface area contributed by atoms with Crippen LogP contribution in [0.3, 0.4) is 0 Å². The Balaban J connectivity index is 2.01. The van der Waals surface area contributed by atoms with Crippen LogP contribution in [-0.4, -0.2) is 21.6 Å². The highest BCUT2D eigenvalue weighted by molar-refractivity contribution is 7.99. The predicted molar refractivity (Wildman–Crippen MR) is 73.8 cm³/mol. The van der Waals surface area contributed by atoms with E-state index >= 15 is 0 Å². The summed E-state index contributed by atoms with van der Waals surface area (Å²) in [6, 6.07) is 3.24. The fourth-order valence-electron chi connectivity index (χ4n) is 1.54. The van der Waals surface area contributed by atoms with Gasteiger partial charge >= 0.3 is 6.18 Å². The highest BCUT2D eigenvalue weighted by Crippen LogP contribution is 2.35. The van der Waals surface area contributed by atoms with Crippen molar-refractivity contribution in [3.8, 4) is 0 Å². The Kier molecular flexibility index (Phi) is 4.41. The lowest BCUT2D eigenvalue weighted by Crippen LogP contribution is -2.16. The number of nitrogens with zero attached hydrogens (tertiary/aromatic N) is 1. The summed E-state index contributed by atoms with van der Waals surface area (Å²) in [5, 5.41) is 2.94. The van der Waals surface area contributed by atoms with Crippen LogP contribution >= 0.6 is 11.8 Å². The van der Waals surface area contributed by atoms with E-state index in [-0.39, 0.29) is 17.1 Å². The van der Waals surface area contributed by atoms with Crippen molar-refractivity contribution in [2.45, 2.75) is 11.3 Å². The van der Waals surface area contributed by atoms with E-state index in [1.165, 1.54) is 12.3 Å². The number of nitrogen functional groups attached to an aromatic ring is 1. The minimum atomic E-state index is -4.56. The Bertz CT molecular complexity index is 628. The minimum Gasteiger partial charge on any atom is -0.398 e. The molecule has 21 heavy (non-hydrogen) atoms. The molecule has 2 aromatic rings. The largest absolute Gasteiger partial charge is 0.418 e. The molecule has 2 rings (SSSR count). The molecule has 0 saturated carbocycles. The van der Waals surface area contributed by atoms with Crippen LogP contribution in [0, 0.1) is 0 Å². The quantitative estimate of drug-likeness (QED) is 0.598. The zero-order chi connectivity index (χ0) is 15.5. The highest BCUT2D eigenvalue weighted by Gasteiger charge is 2.33. The second kappa shape index (κ2) is 6.08. The molecule has 112 valence electrons. The fraction of sp³-hybridized carbons (Fsp3) is 0.167. The number of aromatic nitrogens is 2. The van der Waals surface area contributed by atoms with Gasteiger partial charge in [-0.25, -0.2) is 4.98 Å². The smallest absolute Gasteiger partial charge is 0.398 e. The van der Waals surface area contributed by atoms with E-state index in [9.17, 15) is 18.0 Å². The van der Waals surface area contributed by atoms with Crippen molar-refractivity contribution < 1.29 is 18.0 Å². The number of hydrogen-bond acceptors (Lipinski definition) is 4. The van der Waals surface area contributed by atoms with E-state index in [1.54, 1.807) is 6.20 Å². The highest BCUT2D eigenvalue weighted by atomic mass is 32.2. The number of anilines is 2. The number of halogens is 3. The number of nitrogens with one attached hydrogen (secondary N) is 2. The number of carbonyl (C=O) groups excluding carboxylic acids is 1. The van der Waals surface area contributed by atoms with Crippen LogP contribution in [0.5, 0.6) is 0 Å². The Morgan fingerprint density at radius 2 is 2.19 bits per heavy atom. The Morgan fingerprint density at radius 3 is 2.81 bits per heavy atom. The fourth-order valence-corrected chi connectivity index (χ4v) is 2.17. The van der Waals surface area contributed by atoms with E-state index in [2.05, 4.69) is 15.3 Å². The van der Waals surface area contributed by atoms with Gasteiger partial charge in [-0.2, -0.15) is 13.2 Å². The van der Waals surface area contributed by atoms with Crippen molar-refractivity contribution in [2.75, 3.05) is 16.8 Å². The summed E-state index contributed by atoms with van der Waals surface area (Å²) in [6.45, 7) is 0. The maximum absolute atomic E-state index is 12.7. The van der Waals surface area contributed by atoms with Gasteiger partial charge in [-0.05, 0) is 18.2 Å². The molecule has 1 aromatic carbocycles. The Labute approximate surface area is 122 Å². The molecule has 1 aromatic heterocycles. The zero-order valence-electron chi connectivity index (χ0n) is 10.6. The molecule has 4 N–H and O–H groups in total. The number of aromatic amines is 1. The number of H-pyrrole nitrogens is 1. The molecule has 0 atom stereocenters. The molecule has 0 aliphatic rings. The third-order valence-electron chi connectivity index (χ3n) is 2.46. The standard InChI is InChI=1S/C12H11F3N4OS/c13-12(14,15)8-5-7(1-2-9(8)16)19-10(20)6-21-11-17-3-4-18-11/h1-5H,6,16H2,(H,17,18)(H,19,20). The first-order valence-corrected chi connectivity index (χ1v) is 6.73. The SMILES string of the molecule is Nc1ccc(NC(=O)CSc2ncc[nH]2)cc1C(F)(F)F. The summed E-state index contributed by atoms with van der Waals surface area (Å²) in [5.41, 5.74) is 3.97. The predicted octanol–water partition coefficient (Wildman–Crippen LogP) is 2.74. The van der Waals surface area contributed by atoms with Crippen molar-refractivity contribution >= 4 is 29.0 Å². The lowest BCUT2D eigenvalue weighted by atomic mass is 10.1. The van der Waals surface area contributed by atoms with Crippen LogP contribution in [0.15, 0.2) is 35.7 Å². The number of alkyl halides is 3. The van der Waals surface area contributed by atoms with Crippen LogP contribution in [0.1, 0.15) is 5.56 Å². The molecule has 5 nitrogen and oxygen atoms in total. The van der Waals surface area contributed by atoms with Crippen LogP contribution in [0.2, 0.25) is 0 Å². The number of thioether (sulfide) groups is 1. The van der Waals surface area contributed by atoms with Gasteiger partial charge in [0.1, 0.15) is 0 Å². The van der Waals surface area contributed by atoms with E-state index in [4.69, 9.17) is 5.73 Å². The van der Waals surface area contributed by atoms with Crippen molar-refractivity contribution in [3.63, 3.8) is 0 Å². The third kappa shape index (κ3) is 4.15. The van der Waals surface area contributed by atoms with Crippen LogP contribution in [-0.2, 0) is 11.0 Å². The first kappa shape index (κ1) is 15.2. The lowest BCUT2D eigenvalue weighted by Gasteiger charge is -2.12. The van der Waals surface area contributed by atoms with Gasteiger partial charge in [-0.3, -0.25) is 4.79 Å². The number of carbonyl (C=O) groups is 1. The molecule has 0 radical (unpaired) electrons. The molecule has 0 aliphatic heterocycles. The molecule has 0 aliphatic carbocycles. The monoisotopic (exact) mass is 316 g/mol. The van der Waals surface area contributed by atoms with E-state index in [1.807, 2.05) is 0 Å². The second-order valence-electron chi connectivity index (χ2n) is 4.03. The molecular formula is C12H11F3N4OS. The average Bonchev–Trinajstić information content (AvgIpc) is 2.90. The van der Waals surface area contributed by atoms with Crippen molar-refractivity contribution in [2.24, 2.45) is 0 Å². The first-order valence-electron chi connectivity index (χ1n) is 5.75. The molecule has 0 spiro atoms. The van der Waals surface area contributed by atoms with E-state index in [0.29, 0.717) is 5.16 Å². The lowest BCUT2D eigenvalue weighted by molar-refractivity contribution is -0.136. The topological polar surface area (TPSA) is 83.8 Å². The molecule has 0 bridgehead atoms.